The smallest absolute Gasteiger partial charge is 0.253 e. The Morgan fingerprint density at radius 2 is 2.12 bits per heavy atom. The van der Waals surface area contributed by atoms with Gasteiger partial charge in [-0.25, -0.2) is 4.68 Å². The molecular formula is C18H21N5O2. The third-order valence-electron chi connectivity index (χ3n) is 4.68. The fraction of sp³-hybridized carbons (Fsp3) is 0.444. The van der Waals surface area contributed by atoms with E-state index in [-0.39, 0.29) is 12.5 Å². The molecule has 3 rings (SSSR count). The molecule has 25 heavy (non-hydrogen) atoms. The molecule has 1 aromatic heterocycles. The van der Waals surface area contributed by atoms with Crippen LogP contribution in [0.25, 0.3) is 0 Å². The molecule has 1 unspecified atom stereocenters. The van der Waals surface area contributed by atoms with Crippen LogP contribution in [0.3, 0.4) is 0 Å². The maximum Gasteiger partial charge on any atom is 0.253 e. The van der Waals surface area contributed by atoms with Gasteiger partial charge in [0.15, 0.2) is 0 Å². The van der Waals surface area contributed by atoms with Gasteiger partial charge in [0.25, 0.3) is 5.91 Å². The van der Waals surface area contributed by atoms with Crippen molar-refractivity contribution in [1.29, 1.82) is 5.26 Å². The Bertz CT molecular complexity index is 792. The summed E-state index contributed by atoms with van der Waals surface area (Å²) in [4.78, 5) is 14.3. The zero-order valence-corrected chi connectivity index (χ0v) is 14.4. The quantitative estimate of drug-likeness (QED) is 0.907. The molecule has 1 atom stereocenters. The number of aromatic nitrogens is 3. The third-order valence-corrected chi connectivity index (χ3v) is 4.68. The lowest BCUT2D eigenvalue weighted by Gasteiger charge is -2.23. The number of likely N-dealkylation sites (tertiary alicyclic amines) is 1. The van der Waals surface area contributed by atoms with Crippen LogP contribution < -0.4 is 0 Å². The van der Waals surface area contributed by atoms with E-state index in [2.05, 4.69) is 16.4 Å². The van der Waals surface area contributed by atoms with Crippen LogP contribution in [0.5, 0.6) is 0 Å². The zero-order valence-electron chi connectivity index (χ0n) is 14.4. The van der Waals surface area contributed by atoms with Gasteiger partial charge in [-0.1, -0.05) is 17.3 Å². The van der Waals surface area contributed by atoms with Gasteiger partial charge in [0.2, 0.25) is 0 Å². The van der Waals surface area contributed by atoms with Gasteiger partial charge < -0.3 is 10.0 Å². The molecule has 1 aromatic carbocycles. The van der Waals surface area contributed by atoms with Crippen LogP contribution >= 0.6 is 0 Å². The van der Waals surface area contributed by atoms with Crippen molar-refractivity contribution in [2.75, 3.05) is 13.1 Å². The summed E-state index contributed by atoms with van der Waals surface area (Å²) in [5, 5.41) is 27.5. The molecular weight excluding hydrogens is 318 g/mol. The highest BCUT2D eigenvalue weighted by Gasteiger charge is 2.39. The number of benzene rings is 1. The minimum atomic E-state index is -0.994. The van der Waals surface area contributed by atoms with Gasteiger partial charge in [0.05, 0.1) is 30.8 Å². The molecule has 1 fully saturated rings. The van der Waals surface area contributed by atoms with Crippen LogP contribution in [0.4, 0.5) is 0 Å². The van der Waals surface area contributed by atoms with E-state index in [0.29, 0.717) is 25.1 Å². The molecule has 1 amide bonds. The maximum absolute atomic E-state index is 12.7. The van der Waals surface area contributed by atoms with Gasteiger partial charge in [-0.05, 0) is 38.0 Å². The van der Waals surface area contributed by atoms with E-state index in [0.717, 1.165) is 5.56 Å². The number of nitrogens with zero attached hydrogens (tertiary/aromatic N) is 5. The molecule has 7 heteroatoms. The van der Waals surface area contributed by atoms with Crippen LogP contribution in [-0.4, -0.2) is 49.6 Å². The fourth-order valence-corrected chi connectivity index (χ4v) is 3.05. The maximum atomic E-state index is 12.7. The number of nitriles is 1. The van der Waals surface area contributed by atoms with E-state index >= 15 is 0 Å². The second kappa shape index (κ2) is 6.30. The molecule has 1 aliphatic rings. The number of hydrogen-bond acceptors (Lipinski definition) is 5. The summed E-state index contributed by atoms with van der Waals surface area (Å²) >= 11 is 0. The standard InChI is InChI=1S/C18H21N5O2/c1-17(2,11-19)15-5-3-14(4-6-15)16(24)22-9-7-18(25,12-22)13-23-10-8-20-21-23/h3-6,8,10,25H,7,9,12-13H2,1-2H3. The van der Waals surface area contributed by atoms with Crippen LogP contribution in [0, 0.1) is 11.3 Å². The first-order valence-electron chi connectivity index (χ1n) is 8.21. The van der Waals surface area contributed by atoms with Crippen molar-refractivity contribution in [3.05, 3.63) is 47.8 Å². The highest BCUT2D eigenvalue weighted by atomic mass is 16.3. The molecule has 0 saturated carbocycles. The molecule has 0 aliphatic carbocycles. The number of aliphatic hydroxyl groups is 1. The molecule has 1 aliphatic heterocycles. The zero-order chi connectivity index (χ0) is 18.1. The van der Waals surface area contributed by atoms with E-state index < -0.39 is 11.0 Å². The molecule has 2 aromatic rings. The molecule has 1 saturated heterocycles. The van der Waals surface area contributed by atoms with E-state index in [4.69, 9.17) is 0 Å². The number of carbonyl (C=O) groups is 1. The fourth-order valence-electron chi connectivity index (χ4n) is 3.05. The Hall–Kier alpha value is -2.72. The predicted molar refractivity (Wildman–Crippen MR) is 90.6 cm³/mol. The second-order valence-corrected chi connectivity index (χ2v) is 7.12. The lowest BCUT2D eigenvalue weighted by Crippen LogP contribution is -2.39. The number of amides is 1. The lowest BCUT2D eigenvalue weighted by molar-refractivity contribution is 0.0267. The first-order valence-corrected chi connectivity index (χ1v) is 8.21. The summed E-state index contributed by atoms with van der Waals surface area (Å²) in [5.74, 6) is -0.115. The molecule has 0 bridgehead atoms. The van der Waals surface area contributed by atoms with Crippen LogP contribution in [-0.2, 0) is 12.0 Å². The van der Waals surface area contributed by atoms with Gasteiger partial charge in [-0.3, -0.25) is 4.79 Å². The van der Waals surface area contributed by atoms with Crippen molar-refractivity contribution < 1.29 is 9.90 Å². The third kappa shape index (κ3) is 3.54. The van der Waals surface area contributed by atoms with Crippen LogP contribution in [0.2, 0.25) is 0 Å². The van der Waals surface area contributed by atoms with Gasteiger partial charge in [-0.15, -0.1) is 5.10 Å². The van der Waals surface area contributed by atoms with Crippen molar-refractivity contribution in [2.45, 2.75) is 37.8 Å². The summed E-state index contributed by atoms with van der Waals surface area (Å²) in [5.41, 5.74) is -0.155. The Morgan fingerprint density at radius 3 is 2.72 bits per heavy atom. The van der Waals surface area contributed by atoms with Gasteiger partial charge in [0, 0.05) is 18.3 Å². The summed E-state index contributed by atoms with van der Waals surface area (Å²) in [6.07, 6.45) is 3.75. The summed E-state index contributed by atoms with van der Waals surface area (Å²) in [6, 6.07) is 9.36. The summed E-state index contributed by atoms with van der Waals surface area (Å²) < 4.78 is 1.58. The normalized spacial score (nSPS) is 20.5. The molecule has 1 N–H and O–H groups in total. The topological polar surface area (TPSA) is 95.0 Å². The monoisotopic (exact) mass is 339 g/mol. The van der Waals surface area contributed by atoms with Gasteiger partial charge in [-0.2, -0.15) is 5.26 Å². The van der Waals surface area contributed by atoms with Crippen molar-refractivity contribution in [2.24, 2.45) is 0 Å². The van der Waals surface area contributed by atoms with E-state index in [1.807, 2.05) is 26.0 Å². The van der Waals surface area contributed by atoms with Gasteiger partial charge >= 0.3 is 0 Å². The van der Waals surface area contributed by atoms with Crippen LogP contribution in [0.15, 0.2) is 36.7 Å². The van der Waals surface area contributed by atoms with E-state index in [1.54, 1.807) is 34.1 Å². The van der Waals surface area contributed by atoms with E-state index in [1.165, 1.54) is 0 Å². The average molecular weight is 339 g/mol. The van der Waals surface area contributed by atoms with Crippen molar-refractivity contribution >= 4 is 5.91 Å². The highest BCUT2D eigenvalue weighted by molar-refractivity contribution is 5.94. The SMILES string of the molecule is CC(C)(C#N)c1ccc(C(=O)N2CCC(O)(Cn3ccnn3)C2)cc1. The van der Waals surface area contributed by atoms with E-state index in [9.17, 15) is 15.2 Å². The van der Waals surface area contributed by atoms with Crippen LogP contribution in [0.1, 0.15) is 36.2 Å². The predicted octanol–water partition coefficient (Wildman–Crippen LogP) is 1.36. The van der Waals surface area contributed by atoms with Crippen molar-refractivity contribution in [3.63, 3.8) is 0 Å². The molecule has 0 spiro atoms. The number of hydrogen-bond donors (Lipinski definition) is 1. The second-order valence-electron chi connectivity index (χ2n) is 7.12. The summed E-state index contributed by atoms with van der Waals surface area (Å²) in [7, 11) is 0. The molecule has 2 heterocycles. The largest absolute Gasteiger partial charge is 0.386 e. The number of rotatable bonds is 4. The minimum absolute atomic E-state index is 0.115. The molecule has 0 radical (unpaired) electrons. The Labute approximate surface area is 146 Å². The molecule has 130 valence electrons. The lowest BCUT2D eigenvalue weighted by atomic mass is 9.86. The first kappa shape index (κ1) is 17.1. The Kier molecular flexibility index (Phi) is 4.31. The Morgan fingerprint density at radius 1 is 1.40 bits per heavy atom. The summed E-state index contributed by atoms with van der Waals surface area (Å²) in [6.45, 7) is 4.75. The van der Waals surface area contributed by atoms with Crippen molar-refractivity contribution in [1.82, 2.24) is 19.9 Å². The van der Waals surface area contributed by atoms with Gasteiger partial charge in [0.1, 0.15) is 5.60 Å². The minimum Gasteiger partial charge on any atom is -0.386 e. The first-order chi connectivity index (χ1) is 11.8. The number of carbonyl (C=O) groups excluding carboxylic acids is 1. The highest BCUT2D eigenvalue weighted by Crippen LogP contribution is 2.26. The average Bonchev–Trinajstić information content (AvgIpc) is 3.24. The Balaban J connectivity index is 1.69. The number of β-amino-alcohol motifs (C(OH)–C–C–N with tert-alkyl or cyclic N) is 1. The molecule has 7 nitrogen and oxygen atoms in total. The van der Waals surface area contributed by atoms with Crippen molar-refractivity contribution in [3.8, 4) is 6.07 Å².